The summed E-state index contributed by atoms with van der Waals surface area (Å²) in [6.45, 7) is 1.63. The van der Waals surface area contributed by atoms with Gasteiger partial charge in [-0.15, -0.1) is 0 Å². The number of ether oxygens (including phenoxy) is 3. The molecule has 0 atom stereocenters. The largest absolute Gasteiger partial charge is 0.493 e. The standard InChI is InChI=1S/C21H18Br3N3O5/c1-4-16-26-14-6-5-12(22)8-13(14)21(29)27(16)25-9-11-7-15(30-2)20(19(24)18(11)23)32-10-17(28)31-3/h5-9H,4,10H2,1-3H3. The van der Waals surface area contributed by atoms with Crippen molar-refractivity contribution < 1.29 is 19.0 Å². The minimum Gasteiger partial charge on any atom is -0.493 e. The Bertz CT molecular complexity index is 1270. The van der Waals surface area contributed by atoms with Crippen molar-refractivity contribution in [3.8, 4) is 11.5 Å². The predicted octanol–water partition coefficient (Wildman–Crippen LogP) is 4.69. The highest BCUT2D eigenvalue weighted by atomic mass is 79.9. The summed E-state index contributed by atoms with van der Waals surface area (Å²) in [6.07, 6.45) is 2.04. The van der Waals surface area contributed by atoms with Gasteiger partial charge in [-0.3, -0.25) is 4.79 Å². The number of rotatable bonds is 7. The molecule has 168 valence electrons. The Morgan fingerprint density at radius 2 is 1.94 bits per heavy atom. The molecule has 0 radical (unpaired) electrons. The van der Waals surface area contributed by atoms with Gasteiger partial charge in [0.1, 0.15) is 5.82 Å². The van der Waals surface area contributed by atoms with Crippen LogP contribution < -0.4 is 15.0 Å². The zero-order valence-electron chi connectivity index (χ0n) is 17.3. The first-order valence-corrected chi connectivity index (χ1v) is 11.7. The molecule has 0 bridgehead atoms. The second-order valence-corrected chi connectivity index (χ2v) is 8.90. The Morgan fingerprint density at radius 1 is 1.19 bits per heavy atom. The second-order valence-electron chi connectivity index (χ2n) is 6.39. The van der Waals surface area contributed by atoms with Crippen molar-refractivity contribution in [1.29, 1.82) is 0 Å². The molecule has 0 amide bonds. The molecule has 1 aromatic heterocycles. The molecular formula is C21H18Br3N3O5. The number of halogens is 3. The number of carbonyl (C=O) groups excluding carboxylic acids is 1. The predicted molar refractivity (Wildman–Crippen MR) is 132 cm³/mol. The Morgan fingerprint density at radius 3 is 2.59 bits per heavy atom. The van der Waals surface area contributed by atoms with Crippen molar-refractivity contribution in [3.05, 3.63) is 59.4 Å². The molecule has 0 aliphatic carbocycles. The maximum atomic E-state index is 13.1. The maximum absolute atomic E-state index is 13.1. The Hall–Kier alpha value is -2.24. The summed E-state index contributed by atoms with van der Waals surface area (Å²) in [5, 5.41) is 4.86. The first-order chi connectivity index (χ1) is 15.3. The quantitative estimate of drug-likeness (QED) is 0.278. The molecule has 0 saturated heterocycles. The number of benzene rings is 2. The van der Waals surface area contributed by atoms with Gasteiger partial charge in [0, 0.05) is 20.9 Å². The number of aryl methyl sites for hydroxylation is 1. The summed E-state index contributed by atoms with van der Waals surface area (Å²) in [6, 6.07) is 7.03. The fraction of sp³-hybridized carbons (Fsp3) is 0.238. The van der Waals surface area contributed by atoms with Crippen LogP contribution in [0.25, 0.3) is 10.9 Å². The molecule has 0 fully saturated rings. The first-order valence-electron chi connectivity index (χ1n) is 9.31. The smallest absolute Gasteiger partial charge is 0.343 e. The van der Waals surface area contributed by atoms with Crippen molar-refractivity contribution in [2.45, 2.75) is 13.3 Å². The third-order valence-corrected chi connectivity index (χ3v) is 7.08. The van der Waals surface area contributed by atoms with Crippen LogP contribution in [0.1, 0.15) is 18.3 Å². The second kappa shape index (κ2) is 10.6. The molecule has 3 aromatic rings. The van der Waals surface area contributed by atoms with Gasteiger partial charge in [0.25, 0.3) is 5.56 Å². The lowest BCUT2D eigenvalue weighted by Crippen LogP contribution is -2.22. The zero-order chi connectivity index (χ0) is 23.4. The van der Waals surface area contributed by atoms with Gasteiger partial charge >= 0.3 is 5.97 Å². The topological polar surface area (TPSA) is 92.0 Å². The van der Waals surface area contributed by atoms with Crippen molar-refractivity contribution in [2.75, 3.05) is 20.8 Å². The molecule has 2 aromatic carbocycles. The number of hydrogen-bond acceptors (Lipinski definition) is 7. The van der Waals surface area contributed by atoms with E-state index >= 15 is 0 Å². The van der Waals surface area contributed by atoms with E-state index in [0.29, 0.717) is 49.2 Å². The number of hydrogen-bond donors (Lipinski definition) is 0. The third kappa shape index (κ3) is 5.05. The van der Waals surface area contributed by atoms with Crippen LogP contribution in [-0.4, -0.2) is 42.7 Å². The molecule has 32 heavy (non-hydrogen) atoms. The molecule has 0 unspecified atom stereocenters. The van der Waals surface area contributed by atoms with E-state index in [4.69, 9.17) is 9.47 Å². The van der Waals surface area contributed by atoms with Crippen LogP contribution in [0.4, 0.5) is 0 Å². The highest BCUT2D eigenvalue weighted by molar-refractivity contribution is 9.13. The lowest BCUT2D eigenvalue weighted by molar-refractivity contribution is -0.142. The van der Waals surface area contributed by atoms with Crippen molar-refractivity contribution in [1.82, 2.24) is 9.66 Å². The van der Waals surface area contributed by atoms with E-state index in [1.807, 2.05) is 13.0 Å². The summed E-state index contributed by atoms with van der Waals surface area (Å²) in [4.78, 5) is 29.1. The number of fused-ring (bicyclic) bond motifs is 1. The van der Waals surface area contributed by atoms with E-state index in [-0.39, 0.29) is 12.2 Å². The van der Waals surface area contributed by atoms with Gasteiger partial charge in [0.15, 0.2) is 18.1 Å². The van der Waals surface area contributed by atoms with Gasteiger partial charge in [-0.2, -0.15) is 9.78 Å². The van der Waals surface area contributed by atoms with Gasteiger partial charge in [-0.25, -0.2) is 9.78 Å². The number of methoxy groups -OCH3 is 2. The van der Waals surface area contributed by atoms with Crippen LogP contribution in [0.15, 0.2) is 47.6 Å². The molecule has 3 rings (SSSR count). The molecule has 8 nitrogen and oxygen atoms in total. The van der Waals surface area contributed by atoms with Crippen molar-refractivity contribution in [3.63, 3.8) is 0 Å². The van der Waals surface area contributed by atoms with E-state index in [9.17, 15) is 9.59 Å². The fourth-order valence-corrected chi connectivity index (χ4v) is 4.13. The van der Waals surface area contributed by atoms with Crippen LogP contribution in [0.5, 0.6) is 11.5 Å². The summed E-state index contributed by atoms with van der Waals surface area (Å²) in [5.41, 5.74) is 0.950. The van der Waals surface area contributed by atoms with Gasteiger partial charge in [-0.1, -0.05) is 22.9 Å². The molecule has 11 heteroatoms. The van der Waals surface area contributed by atoms with Crippen LogP contribution in [-0.2, 0) is 16.0 Å². The number of aromatic nitrogens is 2. The normalized spacial score (nSPS) is 11.2. The molecule has 0 saturated carbocycles. The van der Waals surface area contributed by atoms with Crippen LogP contribution >= 0.6 is 47.8 Å². The van der Waals surface area contributed by atoms with Gasteiger partial charge in [0.2, 0.25) is 0 Å². The van der Waals surface area contributed by atoms with E-state index in [2.05, 4.69) is 62.6 Å². The highest BCUT2D eigenvalue weighted by Gasteiger charge is 2.18. The Balaban J connectivity index is 2.07. The minimum absolute atomic E-state index is 0.274. The number of esters is 1. The van der Waals surface area contributed by atoms with E-state index < -0.39 is 5.97 Å². The summed E-state index contributed by atoms with van der Waals surface area (Å²) in [7, 11) is 2.76. The van der Waals surface area contributed by atoms with E-state index in [1.165, 1.54) is 25.1 Å². The summed E-state index contributed by atoms with van der Waals surface area (Å²) >= 11 is 10.3. The van der Waals surface area contributed by atoms with Crippen LogP contribution in [0.3, 0.4) is 0 Å². The molecule has 1 heterocycles. The fourth-order valence-electron chi connectivity index (χ4n) is 2.84. The van der Waals surface area contributed by atoms with E-state index in [1.54, 1.807) is 18.2 Å². The minimum atomic E-state index is -0.525. The maximum Gasteiger partial charge on any atom is 0.343 e. The molecule has 0 aliphatic rings. The summed E-state index contributed by atoms with van der Waals surface area (Å²) < 4.78 is 18.7. The first kappa shape index (κ1) is 24.4. The highest BCUT2D eigenvalue weighted by Crippen LogP contribution is 2.42. The molecule has 0 aliphatic heterocycles. The van der Waals surface area contributed by atoms with Crippen LogP contribution in [0, 0.1) is 0 Å². The lowest BCUT2D eigenvalue weighted by Gasteiger charge is -2.14. The van der Waals surface area contributed by atoms with Gasteiger partial charge in [-0.05, 0) is 56.1 Å². The Kier molecular flexibility index (Phi) is 8.07. The van der Waals surface area contributed by atoms with Crippen molar-refractivity contribution >= 4 is 70.9 Å². The number of nitrogens with zero attached hydrogens (tertiary/aromatic N) is 3. The van der Waals surface area contributed by atoms with Gasteiger partial charge < -0.3 is 14.2 Å². The SMILES string of the molecule is CCc1nc2ccc(Br)cc2c(=O)n1N=Cc1cc(OC)c(OCC(=O)OC)c(Br)c1Br. The molecule has 0 N–H and O–H groups in total. The average molecular weight is 632 g/mol. The van der Waals surface area contributed by atoms with Gasteiger partial charge in [0.05, 0.1) is 35.8 Å². The molecule has 0 spiro atoms. The number of carbonyl (C=O) groups is 1. The monoisotopic (exact) mass is 629 g/mol. The van der Waals surface area contributed by atoms with Crippen LogP contribution in [0.2, 0.25) is 0 Å². The Labute approximate surface area is 209 Å². The lowest BCUT2D eigenvalue weighted by atomic mass is 10.2. The van der Waals surface area contributed by atoms with Crippen molar-refractivity contribution in [2.24, 2.45) is 5.10 Å². The zero-order valence-corrected chi connectivity index (χ0v) is 22.1. The third-order valence-electron chi connectivity index (χ3n) is 4.44. The molecular weight excluding hydrogens is 614 g/mol. The summed E-state index contributed by atoms with van der Waals surface area (Å²) in [5.74, 6) is 0.698. The average Bonchev–Trinajstić information content (AvgIpc) is 2.79. The van der Waals surface area contributed by atoms with E-state index in [0.717, 1.165) is 4.47 Å².